The first-order chi connectivity index (χ1) is 15.1. The maximum Gasteiger partial charge on any atom is 0.271 e. The van der Waals surface area contributed by atoms with Crippen LogP contribution in [0.4, 0.5) is 0 Å². The number of nitrogens with zero attached hydrogens (tertiary/aromatic N) is 2. The number of hydrogen-bond donors (Lipinski definition) is 1. The third kappa shape index (κ3) is 5.94. The predicted molar refractivity (Wildman–Crippen MR) is 119 cm³/mol. The van der Waals surface area contributed by atoms with E-state index in [1.54, 1.807) is 36.5 Å². The standard InChI is InChI=1S/C25H23N3O3/c1-3-30-24-14-20(16-27-28-25(29)22-10-5-4-7-18(22)2)11-12-23(24)31-17-21-9-6-8-19(13-21)15-26/h4-14,16H,3,17H2,1-2H3,(H,28,29)/b27-16+. The maximum absolute atomic E-state index is 12.3. The molecule has 0 aliphatic heterocycles. The van der Waals surface area contributed by atoms with E-state index >= 15 is 0 Å². The lowest BCUT2D eigenvalue weighted by Gasteiger charge is -2.13. The molecule has 0 bridgehead atoms. The van der Waals surface area contributed by atoms with Gasteiger partial charge in [0.15, 0.2) is 11.5 Å². The minimum atomic E-state index is -0.265. The van der Waals surface area contributed by atoms with Gasteiger partial charge in [-0.3, -0.25) is 4.79 Å². The van der Waals surface area contributed by atoms with Gasteiger partial charge in [-0.05, 0) is 66.9 Å². The molecule has 3 aromatic carbocycles. The third-order valence-electron chi connectivity index (χ3n) is 4.49. The topological polar surface area (TPSA) is 83.7 Å². The minimum absolute atomic E-state index is 0.265. The molecule has 6 heteroatoms. The normalized spacial score (nSPS) is 10.5. The fraction of sp³-hybridized carbons (Fsp3) is 0.160. The van der Waals surface area contributed by atoms with Crippen molar-refractivity contribution in [3.05, 3.63) is 94.5 Å². The molecular weight excluding hydrogens is 390 g/mol. The highest BCUT2D eigenvalue weighted by molar-refractivity contribution is 5.96. The first kappa shape index (κ1) is 21.6. The molecule has 31 heavy (non-hydrogen) atoms. The van der Waals surface area contributed by atoms with Crippen LogP contribution in [0.5, 0.6) is 11.5 Å². The summed E-state index contributed by atoms with van der Waals surface area (Å²) in [6.07, 6.45) is 1.55. The Kier molecular flexibility index (Phi) is 7.39. The Bertz CT molecular complexity index is 1130. The molecule has 1 N–H and O–H groups in total. The lowest BCUT2D eigenvalue weighted by atomic mass is 10.1. The van der Waals surface area contributed by atoms with Gasteiger partial charge in [0.05, 0.1) is 24.5 Å². The fourth-order valence-corrected chi connectivity index (χ4v) is 2.94. The average molecular weight is 413 g/mol. The van der Waals surface area contributed by atoms with Gasteiger partial charge in [-0.25, -0.2) is 5.43 Å². The summed E-state index contributed by atoms with van der Waals surface area (Å²) < 4.78 is 11.6. The lowest BCUT2D eigenvalue weighted by molar-refractivity contribution is 0.0954. The molecule has 0 aliphatic rings. The Labute approximate surface area is 181 Å². The smallest absolute Gasteiger partial charge is 0.271 e. The molecule has 3 rings (SSSR count). The molecule has 0 saturated heterocycles. The van der Waals surface area contributed by atoms with Crippen LogP contribution in [0.1, 0.15) is 39.5 Å². The first-order valence-electron chi connectivity index (χ1n) is 9.88. The van der Waals surface area contributed by atoms with Crippen molar-refractivity contribution < 1.29 is 14.3 Å². The van der Waals surface area contributed by atoms with Crippen LogP contribution < -0.4 is 14.9 Å². The second-order valence-corrected chi connectivity index (χ2v) is 6.75. The molecule has 0 saturated carbocycles. The van der Waals surface area contributed by atoms with E-state index in [1.807, 2.05) is 50.2 Å². The van der Waals surface area contributed by atoms with Crippen molar-refractivity contribution in [3.63, 3.8) is 0 Å². The second-order valence-electron chi connectivity index (χ2n) is 6.75. The van der Waals surface area contributed by atoms with Crippen molar-refractivity contribution in [2.45, 2.75) is 20.5 Å². The number of nitrogens with one attached hydrogen (secondary N) is 1. The largest absolute Gasteiger partial charge is 0.490 e. The van der Waals surface area contributed by atoms with Crippen LogP contribution >= 0.6 is 0 Å². The highest BCUT2D eigenvalue weighted by Crippen LogP contribution is 2.29. The predicted octanol–water partition coefficient (Wildman–Crippen LogP) is 4.61. The number of aryl methyl sites for hydroxylation is 1. The molecule has 0 atom stereocenters. The summed E-state index contributed by atoms with van der Waals surface area (Å²) in [5.74, 6) is 0.900. The number of amides is 1. The van der Waals surface area contributed by atoms with Crippen molar-refractivity contribution >= 4 is 12.1 Å². The summed E-state index contributed by atoms with van der Waals surface area (Å²) in [5, 5.41) is 13.1. The van der Waals surface area contributed by atoms with E-state index in [4.69, 9.17) is 14.7 Å². The highest BCUT2D eigenvalue weighted by Gasteiger charge is 2.08. The maximum atomic E-state index is 12.3. The Morgan fingerprint density at radius 2 is 1.90 bits per heavy atom. The number of carbonyl (C=O) groups is 1. The highest BCUT2D eigenvalue weighted by atomic mass is 16.5. The van der Waals surface area contributed by atoms with Crippen molar-refractivity contribution in [1.82, 2.24) is 5.43 Å². The van der Waals surface area contributed by atoms with Gasteiger partial charge < -0.3 is 9.47 Å². The molecule has 0 heterocycles. The SMILES string of the molecule is CCOc1cc(/C=N/NC(=O)c2ccccc2C)ccc1OCc1cccc(C#N)c1. The van der Waals surface area contributed by atoms with Gasteiger partial charge in [0.2, 0.25) is 0 Å². The molecular formula is C25H23N3O3. The van der Waals surface area contributed by atoms with Crippen LogP contribution in [0, 0.1) is 18.3 Å². The van der Waals surface area contributed by atoms with E-state index in [9.17, 15) is 4.79 Å². The fourth-order valence-electron chi connectivity index (χ4n) is 2.94. The summed E-state index contributed by atoms with van der Waals surface area (Å²) in [6, 6.07) is 22.1. The summed E-state index contributed by atoms with van der Waals surface area (Å²) in [6.45, 7) is 4.56. The van der Waals surface area contributed by atoms with E-state index in [0.29, 0.717) is 35.8 Å². The number of nitriles is 1. The van der Waals surface area contributed by atoms with Gasteiger partial charge in [0.25, 0.3) is 5.91 Å². The first-order valence-corrected chi connectivity index (χ1v) is 9.88. The number of ether oxygens (including phenoxy) is 2. The third-order valence-corrected chi connectivity index (χ3v) is 4.49. The van der Waals surface area contributed by atoms with E-state index < -0.39 is 0 Å². The van der Waals surface area contributed by atoms with Crippen LogP contribution in [0.25, 0.3) is 0 Å². The van der Waals surface area contributed by atoms with Crippen LogP contribution in [0.15, 0.2) is 71.8 Å². The zero-order valence-corrected chi connectivity index (χ0v) is 17.5. The number of carbonyl (C=O) groups excluding carboxylic acids is 1. The van der Waals surface area contributed by atoms with E-state index in [-0.39, 0.29) is 5.91 Å². The Morgan fingerprint density at radius 3 is 2.68 bits per heavy atom. The van der Waals surface area contributed by atoms with Gasteiger partial charge >= 0.3 is 0 Å². The van der Waals surface area contributed by atoms with Gasteiger partial charge in [-0.1, -0.05) is 30.3 Å². The molecule has 0 aromatic heterocycles. The molecule has 0 fully saturated rings. The van der Waals surface area contributed by atoms with E-state index in [2.05, 4.69) is 16.6 Å². The van der Waals surface area contributed by atoms with Crippen molar-refractivity contribution in [2.24, 2.45) is 5.10 Å². The Hall–Kier alpha value is -4.11. The van der Waals surface area contributed by atoms with Crippen LogP contribution in [0.2, 0.25) is 0 Å². The molecule has 1 amide bonds. The summed E-state index contributed by atoms with van der Waals surface area (Å²) in [7, 11) is 0. The monoisotopic (exact) mass is 413 g/mol. The summed E-state index contributed by atoms with van der Waals surface area (Å²) in [4.78, 5) is 12.3. The molecule has 0 unspecified atom stereocenters. The van der Waals surface area contributed by atoms with Crippen molar-refractivity contribution in [1.29, 1.82) is 5.26 Å². The number of benzene rings is 3. The van der Waals surface area contributed by atoms with Crippen LogP contribution in [-0.4, -0.2) is 18.7 Å². The zero-order chi connectivity index (χ0) is 22.1. The van der Waals surface area contributed by atoms with E-state index in [1.165, 1.54) is 0 Å². The lowest BCUT2D eigenvalue weighted by Crippen LogP contribution is -2.18. The average Bonchev–Trinajstić information content (AvgIpc) is 2.79. The van der Waals surface area contributed by atoms with Crippen LogP contribution in [0.3, 0.4) is 0 Å². The Balaban J connectivity index is 1.68. The number of rotatable bonds is 8. The molecule has 3 aromatic rings. The van der Waals surface area contributed by atoms with Gasteiger partial charge in [-0.2, -0.15) is 10.4 Å². The molecule has 0 spiro atoms. The van der Waals surface area contributed by atoms with Crippen molar-refractivity contribution in [3.8, 4) is 17.6 Å². The zero-order valence-electron chi connectivity index (χ0n) is 17.5. The van der Waals surface area contributed by atoms with Gasteiger partial charge in [0.1, 0.15) is 6.61 Å². The second kappa shape index (κ2) is 10.6. The molecule has 0 aliphatic carbocycles. The molecule has 156 valence electrons. The summed E-state index contributed by atoms with van der Waals surface area (Å²) in [5.41, 5.74) is 6.25. The Morgan fingerprint density at radius 1 is 1.06 bits per heavy atom. The van der Waals surface area contributed by atoms with Gasteiger partial charge in [-0.15, -0.1) is 0 Å². The van der Waals surface area contributed by atoms with Crippen LogP contribution in [-0.2, 0) is 6.61 Å². The van der Waals surface area contributed by atoms with Gasteiger partial charge in [0, 0.05) is 5.56 Å². The molecule has 0 radical (unpaired) electrons. The molecule has 6 nitrogen and oxygen atoms in total. The number of hydrogen-bond acceptors (Lipinski definition) is 5. The number of hydrazone groups is 1. The quantitative estimate of drug-likeness (QED) is 0.432. The minimum Gasteiger partial charge on any atom is -0.490 e. The summed E-state index contributed by atoms with van der Waals surface area (Å²) >= 11 is 0. The van der Waals surface area contributed by atoms with Crippen molar-refractivity contribution in [2.75, 3.05) is 6.61 Å². The van der Waals surface area contributed by atoms with E-state index in [0.717, 1.165) is 16.7 Å².